The van der Waals surface area contributed by atoms with Crippen molar-refractivity contribution in [1.82, 2.24) is 19.9 Å². The van der Waals surface area contributed by atoms with Gasteiger partial charge in [0.25, 0.3) is 0 Å². The third-order valence-electron chi connectivity index (χ3n) is 2.58. The third kappa shape index (κ3) is 3.38. The van der Waals surface area contributed by atoms with Gasteiger partial charge in [-0.05, 0) is 13.0 Å². The zero-order chi connectivity index (χ0) is 12.1. The monoisotopic (exact) mass is 250 g/mol. The number of nitrogens with one attached hydrogen (secondary N) is 1. The fourth-order valence-electron chi connectivity index (χ4n) is 1.74. The molecule has 0 spiro atoms. The summed E-state index contributed by atoms with van der Waals surface area (Å²) in [5.41, 5.74) is 1.09. The lowest BCUT2D eigenvalue weighted by atomic mass is 10.1. The Labute approximate surface area is 106 Å². The van der Waals surface area contributed by atoms with Crippen LogP contribution in [0.25, 0.3) is 0 Å². The van der Waals surface area contributed by atoms with E-state index in [-0.39, 0.29) is 6.04 Å². The Kier molecular flexibility index (Phi) is 4.28. The van der Waals surface area contributed by atoms with Crippen molar-refractivity contribution in [3.63, 3.8) is 0 Å². The second-order valence-electron chi connectivity index (χ2n) is 4.10. The van der Waals surface area contributed by atoms with Crippen LogP contribution >= 0.6 is 11.3 Å². The van der Waals surface area contributed by atoms with Gasteiger partial charge in [-0.1, -0.05) is 6.92 Å². The molecule has 0 saturated heterocycles. The van der Waals surface area contributed by atoms with Crippen LogP contribution in [0.2, 0.25) is 0 Å². The Balaban J connectivity index is 2.07. The van der Waals surface area contributed by atoms with Crippen LogP contribution in [-0.4, -0.2) is 21.1 Å². The molecule has 2 rings (SSSR count). The van der Waals surface area contributed by atoms with Gasteiger partial charge in [0.15, 0.2) is 0 Å². The SMILES string of the molecule is CCCNC(Cc1nccs1)c1cn(C)cn1. The van der Waals surface area contributed by atoms with Gasteiger partial charge in [-0.15, -0.1) is 11.3 Å². The summed E-state index contributed by atoms with van der Waals surface area (Å²) in [7, 11) is 2.00. The van der Waals surface area contributed by atoms with Gasteiger partial charge in [0, 0.05) is 31.2 Å². The molecule has 0 aliphatic heterocycles. The molecule has 0 saturated carbocycles. The second kappa shape index (κ2) is 5.93. The minimum atomic E-state index is 0.266. The molecule has 92 valence electrons. The Bertz CT molecular complexity index is 435. The van der Waals surface area contributed by atoms with E-state index < -0.39 is 0 Å². The molecule has 2 aromatic heterocycles. The number of nitrogens with zero attached hydrogens (tertiary/aromatic N) is 3. The van der Waals surface area contributed by atoms with Crippen LogP contribution in [0.3, 0.4) is 0 Å². The summed E-state index contributed by atoms with van der Waals surface area (Å²) in [6.45, 7) is 3.18. The molecular formula is C12H18N4S. The summed E-state index contributed by atoms with van der Waals surface area (Å²) < 4.78 is 1.98. The standard InChI is InChI=1S/C12H18N4S/c1-3-4-13-10(7-12-14-5-6-17-12)11-8-16(2)9-15-11/h5-6,8-10,13H,3-4,7H2,1-2H3. The first-order chi connectivity index (χ1) is 8.29. The maximum atomic E-state index is 4.43. The van der Waals surface area contributed by atoms with E-state index in [9.17, 15) is 0 Å². The van der Waals surface area contributed by atoms with Crippen LogP contribution < -0.4 is 5.32 Å². The van der Waals surface area contributed by atoms with Crippen molar-refractivity contribution in [3.05, 3.63) is 34.8 Å². The summed E-state index contributed by atoms with van der Waals surface area (Å²) in [6.07, 6.45) is 7.81. The summed E-state index contributed by atoms with van der Waals surface area (Å²) in [5.74, 6) is 0. The molecule has 1 N–H and O–H groups in total. The van der Waals surface area contributed by atoms with Crippen LogP contribution in [0, 0.1) is 0 Å². The fraction of sp³-hybridized carbons (Fsp3) is 0.500. The highest BCUT2D eigenvalue weighted by Gasteiger charge is 2.15. The van der Waals surface area contributed by atoms with Crippen LogP contribution in [0.5, 0.6) is 0 Å². The van der Waals surface area contributed by atoms with Crippen molar-refractivity contribution in [2.24, 2.45) is 7.05 Å². The number of hydrogen-bond donors (Lipinski definition) is 1. The topological polar surface area (TPSA) is 42.7 Å². The fourth-order valence-corrected chi connectivity index (χ4v) is 2.40. The predicted octanol–water partition coefficient (Wildman–Crippen LogP) is 2.16. The number of aryl methyl sites for hydroxylation is 1. The van der Waals surface area contributed by atoms with E-state index in [1.165, 1.54) is 0 Å². The lowest BCUT2D eigenvalue weighted by Crippen LogP contribution is -2.24. The molecule has 4 nitrogen and oxygen atoms in total. The zero-order valence-electron chi connectivity index (χ0n) is 10.3. The van der Waals surface area contributed by atoms with Gasteiger partial charge in [0.2, 0.25) is 0 Å². The Hall–Kier alpha value is -1.20. The minimum absolute atomic E-state index is 0.266. The van der Waals surface area contributed by atoms with Gasteiger partial charge in [-0.25, -0.2) is 9.97 Å². The largest absolute Gasteiger partial charge is 0.340 e. The second-order valence-corrected chi connectivity index (χ2v) is 5.08. The zero-order valence-corrected chi connectivity index (χ0v) is 11.1. The first-order valence-corrected chi connectivity index (χ1v) is 6.77. The van der Waals surface area contributed by atoms with E-state index in [1.54, 1.807) is 11.3 Å². The molecule has 1 unspecified atom stereocenters. The molecule has 0 aliphatic rings. The molecule has 0 bridgehead atoms. The van der Waals surface area contributed by atoms with Crippen molar-refractivity contribution in [1.29, 1.82) is 0 Å². The van der Waals surface area contributed by atoms with Crippen molar-refractivity contribution in [3.8, 4) is 0 Å². The summed E-state index contributed by atoms with van der Waals surface area (Å²) >= 11 is 1.70. The molecular weight excluding hydrogens is 232 g/mol. The highest BCUT2D eigenvalue weighted by molar-refractivity contribution is 7.09. The lowest BCUT2D eigenvalue weighted by molar-refractivity contribution is 0.518. The average Bonchev–Trinajstić information content (AvgIpc) is 2.95. The third-order valence-corrected chi connectivity index (χ3v) is 3.39. The Morgan fingerprint density at radius 1 is 1.47 bits per heavy atom. The van der Waals surface area contributed by atoms with Gasteiger partial charge in [-0.2, -0.15) is 0 Å². The number of aromatic nitrogens is 3. The molecule has 2 aromatic rings. The lowest BCUT2D eigenvalue weighted by Gasteiger charge is -2.14. The molecule has 0 fully saturated rings. The molecule has 17 heavy (non-hydrogen) atoms. The first-order valence-electron chi connectivity index (χ1n) is 5.89. The van der Waals surface area contributed by atoms with Crippen molar-refractivity contribution >= 4 is 11.3 Å². The highest BCUT2D eigenvalue weighted by Crippen LogP contribution is 2.18. The van der Waals surface area contributed by atoms with E-state index in [1.807, 2.05) is 29.5 Å². The number of rotatable bonds is 6. The van der Waals surface area contributed by atoms with Crippen molar-refractivity contribution in [2.45, 2.75) is 25.8 Å². The molecule has 5 heteroatoms. The summed E-state index contributed by atoms with van der Waals surface area (Å²) in [5, 5.41) is 6.70. The quantitative estimate of drug-likeness (QED) is 0.854. The number of thiazole rings is 1. The predicted molar refractivity (Wildman–Crippen MR) is 70.1 cm³/mol. The normalized spacial score (nSPS) is 12.8. The smallest absolute Gasteiger partial charge is 0.0947 e. The number of hydrogen-bond acceptors (Lipinski definition) is 4. The van der Waals surface area contributed by atoms with E-state index in [0.29, 0.717) is 0 Å². The molecule has 0 aliphatic carbocycles. The highest BCUT2D eigenvalue weighted by atomic mass is 32.1. The van der Waals surface area contributed by atoms with Crippen LogP contribution in [0.4, 0.5) is 0 Å². The summed E-state index contributed by atoms with van der Waals surface area (Å²) in [4.78, 5) is 8.77. The van der Waals surface area contributed by atoms with Gasteiger partial charge in [0.1, 0.15) is 0 Å². The van der Waals surface area contributed by atoms with Gasteiger partial charge in [0.05, 0.1) is 23.1 Å². The van der Waals surface area contributed by atoms with Crippen LogP contribution in [0.15, 0.2) is 24.1 Å². The molecule has 2 heterocycles. The first kappa shape index (κ1) is 12.3. The van der Waals surface area contributed by atoms with E-state index in [0.717, 1.165) is 30.1 Å². The van der Waals surface area contributed by atoms with Gasteiger partial charge < -0.3 is 9.88 Å². The van der Waals surface area contributed by atoms with Gasteiger partial charge in [-0.3, -0.25) is 0 Å². The Morgan fingerprint density at radius 3 is 2.94 bits per heavy atom. The minimum Gasteiger partial charge on any atom is -0.340 e. The van der Waals surface area contributed by atoms with Crippen LogP contribution in [0.1, 0.15) is 30.1 Å². The van der Waals surface area contributed by atoms with Crippen molar-refractivity contribution < 1.29 is 0 Å². The van der Waals surface area contributed by atoms with Gasteiger partial charge >= 0.3 is 0 Å². The van der Waals surface area contributed by atoms with E-state index in [2.05, 4.69) is 28.4 Å². The maximum Gasteiger partial charge on any atom is 0.0947 e. The Morgan fingerprint density at radius 2 is 2.35 bits per heavy atom. The average molecular weight is 250 g/mol. The molecule has 0 aromatic carbocycles. The van der Waals surface area contributed by atoms with Crippen LogP contribution in [-0.2, 0) is 13.5 Å². The maximum absolute atomic E-state index is 4.43. The van der Waals surface area contributed by atoms with E-state index >= 15 is 0 Å². The molecule has 0 radical (unpaired) electrons. The van der Waals surface area contributed by atoms with Crippen molar-refractivity contribution in [2.75, 3.05) is 6.54 Å². The molecule has 0 amide bonds. The number of imidazole rings is 1. The molecule has 1 atom stereocenters. The summed E-state index contributed by atoms with van der Waals surface area (Å²) in [6, 6.07) is 0.266. The van der Waals surface area contributed by atoms with E-state index in [4.69, 9.17) is 0 Å².